The zero-order chi connectivity index (χ0) is 32.1. The zero-order valence-electron chi connectivity index (χ0n) is 24.8. The van der Waals surface area contributed by atoms with Crippen LogP contribution in [0.1, 0.15) is 46.8 Å². The van der Waals surface area contributed by atoms with Crippen LogP contribution in [0.3, 0.4) is 0 Å². The first-order valence-corrected chi connectivity index (χ1v) is 14.6. The maximum atomic E-state index is 14.1. The first-order valence-electron chi connectivity index (χ1n) is 14.6. The number of likely N-dealkylation sites (N-methyl/N-ethyl adjacent to an activating group) is 1. The summed E-state index contributed by atoms with van der Waals surface area (Å²) in [5, 5.41) is 57.3. The molecule has 44 heavy (non-hydrogen) atoms. The van der Waals surface area contributed by atoms with E-state index < -0.39 is 58.0 Å². The van der Waals surface area contributed by atoms with Crippen molar-refractivity contribution in [3.63, 3.8) is 0 Å². The third kappa shape index (κ3) is 4.66. The van der Waals surface area contributed by atoms with E-state index in [-0.39, 0.29) is 29.7 Å². The number of benzene rings is 2. The van der Waals surface area contributed by atoms with Gasteiger partial charge in [0.05, 0.1) is 17.7 Å². The number of allylic oxidation sites excluding steroid dienone is 1. The molecule has 0 saturated heterocycles. The largest absolute Gasteiger partial charge is 0.510 e. The Labute approximate surface area is 254 Å². The number of Topliss-reactive ketones (excluding diaryl/α,β-unsaturated/α-hetero) is 2. The number of aliphatic hydroxyl groups is 3. The van der Waals surface area contributed by atoms with E-state index in [0.717, 1.165) is 22.3 Å². The van der Waals surface area contributed by atoms with Crippen LogP contribution in [0.5, 0.6) is 5.75 Å². The topological polar surface area (TPSA) is 197 Å². The molecule has 0 heterocycles. The van der Waals surface area contributed by atoms with Gasteiger partial charge in [0.1, 0.15) is 22.8 Å². The molecule has 1 amide bonds. The Hall–Kier alpha value is -4.50. The van der Waals surface area contributed by atoms with E-state index >= 15 is 0 Å². The molecular weight excluding hydrogens is 564 g/mol. The van der Waals surface area contributed by atoms with Gasteiger partial charge in [-0.05, 0) is 79.2 Å². The first kappa shape index (κ1) is 30.9. The van der Waals surface area contributed by atoms with Crippen LogP contribution in [0, 0.1) is 23.2 Å². The lowest BCUT2D eigenvalue weighted by molar-refractivity contribution is -0.148. The van der Waals surface area contributed by atoms with Crippen LogP contribution >= 0.6 is 0 Å². The summed E-state index contributed by atoms with van der Waals surface area (Å²) in [6.45, 7) is 3.09. The number of phenols is 1. The molecule has 7 N–H and O–H groups in total. The number of carbonyl (C=O) groups is 3. The molecule has 0 radical (unpaired) electrons. The number of nitriles is 1. The average Bonchev–Trinajstić information content (AvgIpc) is 2.97. The standard InChI is InChI=1S/C33H36N4O7/c1-4-17-7-6-16(15-36-11-5-10-34)12-20(17)19-8-9-23(38)25-21(19)13-18-14-22-27(37(2)3)29(40)26(32(35)43)31(42)33(22,44)30(41)24(18)28(25)39/h6-9,12,18,22,27,36,38,40-41,44H,4-5,11,13-15H2,1-3H3,(H2,35,43). The number of ketones is 2. The molecule has 230 valence electrons. The number of nitrogens with one attached hydrogen (secondary N) is 1. The van der Waals surface area contributed by atoms with Crippen molar-refractivity contribution in [3.8, 4) is 22.9 Å². The van der Waals surface area contributed by atoms with E-state index in [4.69, 9.17) is 11.0 Å². The van der Waals surface area contributed by atoms with Gasteiger partial charge in [0.15, 0.2) is 11.4 Å². The van der Waals surface area contributed by atoms with E-state index in [0.29, 0.717) is 31.5 Å². The van der Waals surface area contributed by atoms with Gasteiger partial charge in [-0.3, -0.25) is 19.3 Å². The van der Waals surface area contributed by atoms with E-state index in [1.165, 1.54) is 11.0 Å². The number of hydrogen-bond acceptors (Lipinski definition) is 10. The number of hydrogen-bond donors (Lipinski definition) is 6. The van der Waals surface area contributed by atoms with E-state index in [9.17, 15) is 34.8 Å². The van der Waals surface area contributed by atoms with Gasteiger partial charge in [-0.15, -0.1) is 0 Å². The van der Waals surface area contributed by atoms with Crippen LogP contribution in [-0.2, 0) is 29.0 Å². The summed E-state index contributed by atoms with van der Waals surface area (Å²) in [6, 6.07) is 10.3. The Balaban J connectivity index is 1.66. The summed E-state index contributed by atoms with van der Waals surface area (Å²) < 4.78 is 0. The Bertz CT molecular complexity index is 1690. The van der Waals surface area contributed by atoms with Crippen molar-refractivity contribution in [2.24, 2.45) is 17.6 Å². The van der Waals surface area contributed by atoms with Crippen molar-refractivity contribution in [3.05, 3.63) is 75.3 Å². The summed E-state index contributed by atoms with van der Waals surface area (Å²) >= 11 is 0. The highest BCUT2D eigenvalue weighted by atomic mass is 16.3. The molecule has 5 rings (SSSR count). The monoisotopic (exact) mass is 600 g/mol. The lowest BCUT2D eigenvalue weighted by Gasteiger charge is -2.50. The molecule has 3 aliphatic carbocycles. The van der Waals surface area contributed by atoms with Crippen LogP contribution < -0.4 is 11.1 Å². The van der Waals surface area contributed by atoms with Crippen molar-refractivity contribution < 1.29 is 34.8 Å². The van der Waals surface area contributed by atoms with Gasteiger partial charge in [0.2, 0.25) is 5.78 Å². The highest BCUT2D eigenvalue weighted by Crippen LogP contribution is 2.53. The zero-order valence-corrected chi connectivity index (χ0v) is 24.8. The summed E-state index contributed by atoms with van der Waals surface area (Å²) in [5.41, 5.74) is 5.86. The minimum atomic E-state index is -2.68. The third-order valence-corrected chi connectivity index (χ3v) is 9.19. The fraction of sp³-hybridized carbons (Fsp3) is 0.394. The van der Waals surface area contributed by atoms with Gasteiger partial charge in [-0.1, -0.05) is 25.1 Å². The predicted octanol–water partition coefficient (Wildman–Crippen LogP) is 2.35. The molecule has 0 saturated carbocycles. The van der Waals surface area contributed by atoms with Gasteiger partial charge in [-0.2, -0.15) is 5.26 Å². The van der Waals surface area contributed by atoms with E-state index in [1.54, 1.807) is 20.2 Å². The van der Waals surface area contributed by atoms with Gasteiger partial charge in [0.25, 0.3) is 5.91 Å². The molecule has 4 unspecified atom stereocenters. The highest BCUT2D eigenvalue weighted by molar-refractivity contribution is 6.24. The maximum Gasteiger partial charge on any atom is 0.255 e. The summed E-state index contributed by atoms with van der Waals surface area (Å²) in [6.07, 6.45) is 1.30. The Kier molecular flexibility index (Phi) is 8.11. The number of fused-ring (bicyclic) bond motifs is 3. The Morgan fingerprint density at radius 3 is 2.52 bits per heavy atom. The van der Waals surface area contributed by atoms with Crippen molar-refractivity contribution in [1.82, 2.24) is 10.2 Å². The van der Waals surface area contributed by atoms with E-state index in [2.05, 4.69) is 11.4 Å². The molecule has 0 fully saturated rings. The van der Waals surface area contributed by atoms with Crippen LogP contribution in [0.4, 0.5) is 0 Å². The lowest BCUT2D eigenvalue weighted by atomic mass is 9.58. The third-order valence-electron chi connectivity index (χ3n) is 9.19. The van der Waals surface area contributed by atoms with Crippen molar-refractivity contribution in [2.75, 3.05) is 20.6 Å². The fourth-order valence-electron chi connectivity index (χ4n) is 7.17. The fourth-order valence-corrected chi connectivity index (χ4v) is 7.17. The number of aromatic hydroxyl groups is 1. The Morgan fingerprint density at radius 2 is 1.89 bits per heavy atom. The molecule has 0 spiro atoms. The van der Waals surface area contributed by atoms with E-state index in [1.807, 2.05) is 25.1 Å². The molecule has 11 heteroatoms. The SMILES string of the molecule is CCc1ccc(CNCCC#N)cc1-c1ccc(O)c2c1CC1CC3C(N(C)C)C(O)=C(C(N)=O)C(=O)C3(O)C(O)=C1C2=O. The number of primary amides is 1. The van der Waals surface area contributed by atoms with Crippen LogP contribution in [0.15, 0.2) is 53.0 Å². The molecule has 0 bridgehead atoms. The quantitative estimate of drug-likeness (QED) is 0.193. The molecule has 11 nitrogen and oxygen atoms in total. The number of carbonyl (C=O) groups excluding carboxylic acids is 3. The molecule has 4 atom stereocenters. The summed E-state index contributed by atoms with van der Waals surface area (Å²) in [5.74, 6) is -6.80. The summed E-state index contributed by atoms with van der Waals surface area (Å²) in [7, 11) is 3.19. The number of phenolic OH excluding ortho intramolecular Hbond substituents is 1. The van der Waals surface area contributed by atoms with Gasteiger partial charge in [0, 0.05) is 31.0 Å². The number of rotatable bonds is 8. The first-order chi connectivity index (χ1) is 20.9. The van der Waals surface area contributed by atoms with Crippen molar-refractivity contribution in [1.29, 1.82) is 5.26 Å². The second-order valence-corrected chi connectivity index (χ2v) is 11.9. The second kappa shape index (κ2) is 11.5. The summed E-state index contributed by atoms with van der Waals surface area (Å²) in [4.78, 5) is 41.3. The molecule has 2 aromatic rings. The maximum absolute atomic E-state index is 14.1. The highest BCUT2D eigenvalue weighted by Gasteiger charge is 2.63. The van der Waals surface area contributed by atoms with Crippen molar-refractivity contribution in [2.45, 2.75) is 50.8 Å². The van der Waals surface area contributed by atoms with Gasteiger partial charge < -0.3 is 31.5 Å². The van der Waals surface area contributed by atoms with Gasteiger partial charge >= 0.3 is 0 Å². The second-order valence-electron chi connectivity index (χ2n) is 11.9. The average molecular weight is 601 g/mol. The lowest BCUT2D eigenvalue weighted by Crippen LogP contribution is -2.63. The molecule has 0 aromatic heterocycles. The van der Waals surface area contributed by atoms with Crippen LogP contribution in [0.2, 0.25) is 0 Å². The number of aliphatic hydroxyl groups excluding tert-OH is 2. The minimum absolute atomic E-state index is 0.0182. The number of amides is 1. The van der Waals surface area contributed by atoms with Crippen LogP contribution in [-0.4, -0.2) is 75.1 Å². The molecule has 2 aromatic carbocycles. The molecular formula is C33H36N4O7. The number of aryl methyl sites for hydroxylation is 1. The molecule has 3 aliphatic rings. The molecule has 0 aliphatic heterocycles. The van der Waals surface area contributed by atoms with Crippen molar-refractivity contribution >= 4 is 17.5 Å². The smallest absolute Gasteiger partial charge is 0.255 e. The normalized spacial score (nSPS) is 24.6. The van der Waals surface area contributed by atoms with Gasteiger partial charge in [-0.25, -0.2) is 0 Å². The number of nitrogens with zero attached hydrogens (tertiary/aromatic N) is 2. The predicted molar refractivity (Wildman–Crippen MR) is 160 cm³/mol. The Morgan fingerprint density at radius 1 is 1.16 bits per heavy atom. The number of nitrogens with two attached hydrogens (primary N) is 1. The minimum Gasteiger partial charge on any atom is -0.510 e. The van der Waals surface area contributed by atoms with Crippen LogP contribution in [0.25, 0.3) is 11.1 Å².